The van der Waals surface area contributed by atoms with Crippen LogP contribution in [-0.2, 0) is 5.41 Å². The number of pyridine rings is 2. The minimum Gasteiger partial charge on any atom is -0.298 e. The van der Waals surface area contributed by atoms with Crippen molar-refractivity contribution in [2.24, 2.45) is 0 Å². The molecule has 82 valence electrons. The van der Waals surface area contributed by atoms with Gasteiger partial charge in [-0.15, -0.1) is 0 Å². The van der Waals surface area contributed by atoms with Crippen LogP contribution in [0, 0.1) is 0 Å². The van der Waals surface area contributed by atoms with Crippen LogP contribution in [-0.4, -0.2) is 16.3 Å². The van der Waals surface area contributed by atoms with Crippen LogP contribution >= 0.6 is 0 Å². The van der Waals surface area contributed by atoms with Gasteiger partial charge in [0, 0.05) is 28.3 Å². The summed E-state index contributed by atoms with van der Waals surface area (Å²) in [6, 6.07) is 5.75. The third-order valence-corrected chi connectivity index (χ3v) is 2.47. The number of aromatic nitrogens is 2. The van der Waals surface area contributed by atoms with Crippen LogP contribution < -0.4 is 0 Å². The molecule has 3 nitrogen and oxygen atoms in total. The average molecular weight is 214 g/mol. The highest BCUT2D eigenvalue weighted by Gasteiger charge is 2.15. The normalized spacial score (nSPS) is 11.7. The number of nitrogens with zero attached hydrogens (tertiary/aromatic N) is 2. The molecule has 3 heteroatoms. The zero-order valence-corrected chi connectivity index (χ0v) is 9.69. The van der Waals surface area contributed by atoms with Gasteiger partial charge in [0.2, 0.25) is 0 Å². The van der Waals surface area contributed by atoms with Crippen LogP contribution in [0.4, 0.5) is 0 Å². The summed E-state index contributed by atoms with van der Waals surface area (Å²) < 4.78 is 0. The second-order valence-corrected chi connectivity index (χ2v) is 4.88. The number of rotatable bonds is 1. The maximum Gasteiger partial charge on any atom is 0.159 e. The van der Waals surface area contributed by atoms with E-state index in [-0.39, 0.29) is 5.41 Å². The fourth-order valence-electron chi connectivity index (χ4n) is 1.51. The Kier molecular flexibility index (Phi) is 2.46. The standard InChI is InChI=1S/C13H14N2O/c1-13(2,3)11-5-4-10-6-9(8-16)7-14-12(10)15-11/h4-8H,1-3H3. The fourth-order valence-corrected chi connectivity index (χ4v) is 1.51. The Labute approximate surface area is 94.5 Å². The molecule has 2 aromatic rings. The molecule has 16 heavy (non-hydrogen) atoms. The SMILES string of the molecule is CC(C)(C)c1ccc2cc(C=O)cnc2n1. The number of carbonyl (C=O) groups is 1. The Balaban J connectivity index is 2.60. The molecule has 0 atom stereocenters. The largest absolute Gasteiger partial charge is 0.298 e. The van der Waals surface area contributed by atoms with Crippen LogP contribution in [0.3, 0.4) is 0 Å². The minimum atomic E-state index is 0.0131. The van der Waals surface area contributed by atoms with E-state index in [9.17, 15) is 4.79 Å². The first kappa shape index (κ1) is 10.7. The molecule has 0 bridgehead atoms. The number of aldehydes is 1. The third-order valence-electron chi connectivity index (χ3n) is 2.47. The Hall–Kier alpha value is -1.77. The van der Waals surface area contributed by atoms with Crippen molar-refractivity contribution in [3.8, 4) is 0 Å². The summed E-state index contributed by atoms with van der Waals surface area (Å²) in [7, 11) is 0. The van der Waals surface area contributed by atoms with Gasteiger partial charge in [-0.05, 0) is 18.2 Å². The summed E-state index contributed by atoms with van der Waals surface area (Å²) in [4.78, 5) is 19.3. The molecule has 0 amide bonds. The first-order valence-corrected chi connectivity index (χ1v) is 5.23. The van der Waals surface area contributed by atoms with Crippen LogP contribution in [0.15, 0.2) is 24.4 Å². The van der Waals surface area contributed by atoms with Crippen molar-refractivity contribution in [2.75, 3.05) is 0 Å². The molecule has 2 aromatic heterocycles. The highest BCUT2D eigenvalue weighted by molar-refractivity contribution is 5.83. The Morgan fingerprint density at radius 3 is 2.62 bits per heavy atom. The summed E-state index contributed by atoms with van der Waals surface area (Å²) in [5, 5.41) is 0.901. The predicted octanol–water partition coefficient (Wildman–Crippen LogP) is 2.74. The van der Waals surface area contributed by atoms with E-state index in [2.05, 4.69) is 30.7 Å². The van der Waals surface area contributed by atoms with Gasteiger partial charge in [-0.1, -0.05) is 20.8 Å². The number of hydrogen-bond donors (Lipinski definition) is 0. The molecule has 0 radical (unpaired) electrons. The topological polar surface area (TPSA) is 42.9 Å². The zero-order valence-electron chi connectivity index (χ0n) is 9.69. The molecular weight excluding hydrogens is 200 g/mol. The molecule has 0 aliphatic heterocycles. The molecular formula is C13H14N2O. The van der Waals surface area contributed by atoms with Gasteiger partial charge in [-0.3, -0.25) is 4.79 Å². The predicted molar refractivity (Wildman–Crippen MR) is 63.6 cm³/mol. The van der Waals surface area contributed by atoms with Crippen molar-refractivity contribution in [1.29, 1.82) is 0 Å². The van der Waals surface area contributed by atoms with Gasteiger partial charge in [-0.25, -0.2) is 9.97 Å². The van der Waals surface area contributed by atoms with E-state index < -0.39 is 0 Å². The maximum atomic E-state index is 10.6. The van der Waals surface area contributed by atoms with Crippen LogP contribution in [0.25, 0.3) is 11.0 Å². The Morgan fingerprint density at radius 1 is 1.25 bits per heavy atom. The Morgan fingerprint density at radius 2 is 2.00 bits per heavy atom. The van der Waals surface area contributed by atoms with Crippen molar-refractivity contribution >= 4 is 17.3 Å². The number of fused-ring (bicyclic) bond motifs is 1. The number of hydrogen-bond acceptors (Lipinski definition) is 3. The lowest BCUT2D eigenvalue weighted by Crippen LogP contribution is -2.13. The van der Waals surface area contributed by atoms with Gasteiger partial charge in [0.05, 0.1) is 0 Å². The van der Waals surface area contributed by atoms with Crippen LogP contribution in [0.1, 0.15) is 36.8 Å². The second-order valence-electron chi connectivity index (χ2n) is 4.88. The molecule has 0 unspecified atom stereocenters. The lowest BCUT2D eigenvalue weighted by atomic mass is 9.91. The summed E-state index contributed by atoms with van der Waals surface area (Å²) in [6.45, 7) is 6.34. The van der Waals surface area contributed by atoms with Gasteiger partial charge >= 0.3 is 0 Å². The van der Waals surface area contributed by atoms with Crippen molar-refractivity contribution in [2.45, 2.75) is 26.2 Å². The molecule has 0 fully saturated rings. The van der Waals surface area contributed by atoms with E-state index in [1.807, 2.05) is 12.1 Å². The third kappa shape index (κ3) is 1.94. The van der Waals surface area contributed by atoms with Crippen LogP contribution in [0.2, 0.25) is 0 Å². The molecule has 2 heterocycles. The molecule has 0 aliphatic rings. The fraction of sp³-hybridized carbons (Fsp3) is 0.308. The first-order chi connectivity index (χ1) is 7.50. The highest BCUT2D eigenvalue weighted by Crippen LogP contribution is 2.22. The smallest absolute Gasteiger partial charge is 0.159 e. The van der Waals surface area contributed by atoms with Gasteiger partial charge in [-0.2, -0.15) is 0 Å². The Bertz CT molecular complexity index is 541. The van der Waals surface area contributed by atoms with Gasteiger partial charge in [0.15, 0.2) is 11.9 Å². The second kappa shape index (κ2) is 3.67. The summed E-state index contributed by atoms with van der Waals surface area (Å²) >= 11 is 0. The van der Waals surface area contributed by atoms with Crippen molar-refractivity contribution in [3.05, 3.63) is 35.7 Å². The van der Waals surface area contributed by atoms with Gasteiger partial charge in [0.25, 0.3) is 0 Å². The van der Waals surface area contributed by atoms with E-state index in [4.69, 9.17) is 0 Å². The summed E-state index contributed by atoms with van der Waals surface area (Å²) in [5.74, 6) is 0. The van der Waals surface area contributed by atoms with Crippen molar-refractivity contribution < 1.29 is 4.79 Å². The van der Waals surface area contributed by atoms with E-state index in [1.54, 1.807) is 12.3 Å². The van der Waals surface area contributed by atoms with Gasteiger partial charge in [0.1, 0.15) is 0 Å². The van der Waals surface area contributed by atoms with E-state index >= 15 is 0 Å². The lowest BCUT2D eigenvalue weighted by Gasteiger charge is -2.17. The van der Waals surface area contributed by atoms with Crippen molar-refractivity contribution in [3.63, 3.8) is 0 Å². The van der Waals surface area contributed by atoms with E-state index in [0.717, 1.165) is 17.4 Å². The van der Waals surface area contributed by atoms with Crippen LogP contribution in [0.5, 0.6) is 0 Å². The van der Waals surface area contributed by atoms with Gasteiger partial charge < -0.3 is 0 Å². The quantitative estimate of drug-likeness (QED) is 0.685. The summed E-state index contributed by atoms with van der Waals surface area (Å²) in [5.41, 5.74) is 2.29. The van der Waals surface area contributed by atoms with E-state index in [0.29, 0.717) is 11.2 Å². The van der Waals surface area contributed by atoms with Crippen molar-refractivity contribution in [1.82, 2.24) is 9.97 Å². The summed E-state index contributed by atoms with van der Waals surface area (Å²) in [6.07, 6.45) is 2.35. The first-order valence-electron chi connectivity index (χ1n) is 5.23. The minimum absolute atomic E-state index is 0.0131. The van der Waals surface area contributed by atoms with E-state index in [1.165, 1.54) is 0 Å². The average Bonchev–Trinajstić information content (AvgIpc) is 2.26. The number of carbonyl (C=O) groups excluding carboxylic acids is 1. The zero-order chi connectivity index (χ0) is 11.8. The maximum absolute atomic E-state index is 10.6. The molecule has 0 aliphatic carbocycles. The monoisotopic (exact) mass is 214 g/mol. The lowest BCUT2D eigenvalue weighted by molar-refractivity contribution is 0.112. The molecule has 0 saturated carbocycles. The molecule has 0 N–H and O–H groups in total. The molecule has 0 spiro atoms. The molecule has 0 aromatic carbocycles. The molecule has 0 saturated heterocycles. The highest BCUT2D eigenvalue weighted by atomic mass is 16.1. The molecule has 2 rings (SSSR count).